The Bertz CT molecular complexity index is 10.8. The van der Waals surface area contributed by atoms with Crippen molar-refractivity contribution in [3.05, 3.63) is 14.0 Å². The largest absolute Gasteiger partial charge is 0.512 e. The fourth-order valence-electron chi connectivity index (χ4n) is 0. The Kier molecular flexibility index (Phi) is 3600. The van der Waals surface area contributed by atoms with E-state index in [2.05, 4.69) is 0 Å². The van der Waals surface area contributed by atoms with Gasteiger partial charge in [-0.3, -0.25) is 0 Å². The van der Waals surface area contributed by atoms with Crippen molar-refractivity contribution in [3.63, 3.8) is 0 Å². The van der Waals surface area contributed by atoms with Gasteiger partial charge >= 0.3 is 0 Å². The van der Waals surface area contributed by atoms with Crippen LogP contribution < -0.4 is 0 Å². The van der Waals surface area contributed by atoms with Crippen LogP contribution in [0.25, 0.3) is 0 Å². The molecule has 0 N–H and O–H groups in total. The number of hydrogen-bond acceptors (Lipinski definition) is 1. The standard InChI is InChI=1S/CN.CH3.W/c1-2;;/h;1H3;/q2*-1;. The fraction of sp³-hybridized carbons (Fsp3) is 0. The predicted molar refractivity (Wildman–Crippen MR) is 11.4 cm³/mol. The number of hydrogen-bond donors (Lipinski definition) is 0. The number of rotatable bonds is 0. The Hall–Kier alpha value is 0.178. The summed E-state index contributed by atoms with van der Waals surface area (Å²) in [5.74, 6) is 0. The molecule has 0 amide bonds. The molecule has 0 aliphatic rings. The molecule has 0 saturated heterocycles. The minimum absolute atomic E-state index is 0. The van der Waals surface area contributed by atoms with Crippen molar-refractivity contribution in [1.29, 1.82) is 5.26 Å². The maximum atomic E-state index is 6.25. The maximum absolute atomic E-state index is 6.25. The molecule has 2 heteroatoms. The molecule has 0 aromatic rings. The summed E-state index contributed by atoms with van der Waals surface area (Å²) in [6.07, 6.45) is 0. The maximum Gasteiger partial charge on any atom is 0 e. The van der Waals surface area contributed by atoms with Crippen LogP contribution in [0.3, 0.4) is 0 Å². The molecule has 0 heterocycles. The summed E-state index contributed by atoms with van der Waals surface area (Å²) < 4.78 is 0. The van der Waals surface area contributed by atoms with Gasteiger partial charge in [0.05, 0.1) is 0 Å². The second-order valence-corrected chi connectivity index (χ2v) is 0. The third-order valence-electron chi connectivity index (χ3n) is 0. The zero-order valence-corrected chi connectivity index (χ0v) is 5.29. The van der Waals surface area contributed by atoms with Crippen molar-refractivity contribution in [2.75, 3.05) is 0 Å². The van der Waals surface area contributed by atoms with E-state index in [0.29, 0.717) is 0 Å². The molecule has 0 aromatic heterocycles. The van der Waals surface area contributed by atoms with Crippen LogP contribution in [0, 0.1) is 19.3 Å². The van der Waals surface area contributed by atoms with Crippen molar-refractivity contribution < 1.29 is 21.1 Å². The fourth-order valence-corrected chi connectivity index (χ4v) is 0. The molecule has 0 unspecified atom stereocenters. The van der Waals surface area contributed by atoms with Gasteiger partial charge in [0.1, 0.15) is 0 Å². The Morgan fingerprint density at radius 2 is 1.25 bits per heavy atom. The third kappa shape index (κ3) is 95.1. The van der Waals surface area contributed by atoms with Gasteiger partial charge in [-0.15, -0.1) is 0 Å². The summed E-state index contributed by atoms with van der Waals surface area (Å²) in [6, 6.07) is 0. The second-order valence-electron chi connectivity index (χ2n) is 0. The zero-order chi connectivity index (χ0) is 2.00. The van der Waals surface area contributed by atoms with Crippen LogP contribution in [-0.2, 0) is 21.1 Å². The Balaban J connectivity index is -0.00000000500. The molecule has 0 radical (unpaired) electrons. The van der Waals surface area contributed by atoms with Gasteiger partial charge in [0, 0.05) is 21.1 Å². The topological polar surface area (TPSA) is 23.8 Å². The average Bonchev–Trinajstić information content (AvgIpc) is 1.00. The zero-order valence-electron chi connectivity index (χ0n) is 2.36. The van der Waals surface area contributed by atoms with E-state index in [1.807, 2.05) is 0 Å². The summed E-state index contributed by atoms with van der Waals surface area (Å²) in [6.45, 7) is 4.75. The summed E-state index contributed by atoms with van der Waals surface area (Å²) in [5.41, 5.74) is 0. The van der Waals surface area contributed by atoms with E-state index in [1.54, 1.807) is 0 Å². The summed E-state index contributed by atoms with van der Waals surface area (Å²) >= 11 is 0. The van der Waals surface area contributed by atoms with Crippen molar-refractivity contribution in [2.24, 2.45) is 0 Å². The molecule has 0 bridgehead atoms. The van der Waals surface area contributed by atoms with Gasteiger partial charge in [0.25, 0.3) is 0 Å². The Labute approximate surface area is 40.9 Å². The molecular weight excluding hydrogens is 222 g/mol. The van der Waals surface area contributed by atoms with Crippen molar-refractivity contribution in [1.82, 2.24) is 0 Å². The third-order valence-corrected chi connectivity index (χ3v) is 0. The summed E-state index contributed by atoms with van der Waals surface area (Å²) in [5, 5.41) is 6.25. The molecule has 0 aliphatic carbocycles. The molecule has 1 nitrogen and oxygen atoms in total. The van der Waals surface area contributed by atoms with Gasteiger partial charge in [-0.2, -0.15) is 0 Å². The van der Waals surface area contributed by atoms with Gasteiger partial charge in [-0.1, -0.05) is 0 Å². The second kappa shape index (κ2) is 474. The first-order chi connectivity index (χ1) is 1.00. The van der Waals surface area contributed by atoms with Gasteiger partial charge in [0.2, 0.25) is 0 Å². The minimum atomic E-state index is 0. The van der Waals surface area contributed by atoms with Gasteiger partial charge in [0.15, 0.2) is 0 Å². The molecule has 24 valence electrons. The normalized spacial score (nSPS) is 0.500. The van der Waals surface area contributed by atoms with Crippen LogP contribution in [-0.4, -0.2) is 0 Å². The van der Waals surface area contributed by atoms with Gasteiger partial charge in [-0.25, -0.2) is 0 Å². The van der Waals surface area contributed by atoms with Crippen LogP contribution in [0.1, 0.15) is 0 Å². The number of nitrogens with zero attached hydrogens (tertiary/aromatic N) is 1. The van der Waals surface area contributed by atoms with E-state index in [0.717, 1.165) is 0 Å². The van der Waals surface area contributed by atoms with E-state index >= 15 is 0 Å². The van der Waals surface area contributed by atoms with Crippen molar-refractivity contribution >= 4 is 0 Å². The molecule has 0 saturated carbocycles. The first-order valence-corrected chi connectivity index (χ1v) is 0.224. The Morgan fingerprint density at radius 1 is 1.25 bits per heavy atom. The predicted octanol–water partition coefficient (Wildman–Crippen LogP) is 0.544. The molecule has 4 heavy (non-hydrogen) atoms. The summed E-state index contributed by atoms with van der Waals surface area (Å²) in [4.78, 5) is 0. The quantitative estimate of drug-likeness (QED) is 0.552. The van der Waals surface area contributed by atoms with Crippen LogP contribution in [0.15, 0.2) is 0 Å². The van der Waals surface area contributed by atoms with E-state index in [9.17, 15) is 0 Å². The van der Waals surface area contributed by atoms with Crippen LogP contribution in [0.2, 0.25) is 0 Å². The van der Waals surface area contributed by atoms with Crippen molar-refractivity contribution in [3.8, 4) is 0 Å². The molecule has 0 rings (SSSR count). The monoisotopic (exact) mass is 225 g/mol. The first-order valence-electron chi connectivity index (χ1n) is 0.224. The molecule has 0 spiro atoms. The molecule has 0 aliphatic heterocycles. The molecule has 0 atom stereocenters. The van der Waals surface area contributed by atoms with Crippen molar-refractivity contribution in [2.45, 2.75) is 0 Å². The smallest absolute Gasteiger partial charge is 0 e. The van der Waals surface area contributed by atoms with Gasteiger partial charge in [-0.05, 0) is 0 Å². The molecular formula is C2H3NW-2. The summed E-state index contributed by atoms with van der Waals surface area (Å²) in [7, 11) is 0. The van der Waals surface area contributed by atoms with Crippen LogP contribution >= 0.6 is 0 Å². The van der Waals surface area contributed by atoms with Gasteiger partial charge < -0.3 is 19.3 Å². The Morgan fingerprint density at radius 3 is 1.25 bits per heavy atom. The average molecular weight is 225 g/mol. The first kappa shape index (κ1) is 30.4. The van der Waals surface area contributed by atoms with E-state index in [1.165, 1.54) is 0 Å². The van der Waals surface area contributed by atoms with E-state index in [-0.39, 0.29) is 28.5 Å². The molecule has 0 fully saturated rings. The molecule has 0 aromatic carbocycles. The minimum Gasteiger partial charge on any atom is -0.512 e. The van der Waals surface area contributed by atoms with E-state index in [4.69, 9.17) is 11.8 Å². The SMILES string of the molecule is [C-]#N.[CH3-].[W]. The van der Waals surface area contributed by atoms with Crippen LogP contribution in [0.5, 0.6) is 0 Å². The van der Waals surface area contributed by atoms with Crippen LogP contribution in [0.4, 0.5) is 0 Å². The van der Waals surface area contributed by atoms with E-state index < -0.39 is 0 Å².